The molecule has 0 radical (unpaired) electrons. The molecule has 0 saturated carbocycles. The molecule has 3 rings (SSSR count). The van der Waals surface area contributed by atoms with E-state index in [1.807, 2.05) is 6.07 Å². The van der Waals surface area contributed by atoms with Crippen LogP contribution >= 0.6 is 27.5 Å². The van der Waals surface area contributed by atoms with E-state index in [-0.39, 0.29) is 12.7 Å². The standard InChI is InChI=1S/C15H10BrClN2O3/c16-11-5-9(6-13-14(11)22-8-21-13)7-18-19-15(20)10-3-1-2-4-12(10)17/h1-7H,8H2,(H,19,20)/b18-7-. The van der Waals surface area contributed by atoms with Crippen LogP contribution in [0.5, 0.6) is 11.5 Å². The molecule has 1 aliphatic rings. The fourth-order valence-corrected chi connectivity index (χ4v) is 2.73. The molecule has 1 amide bonds. The van der Waals surface area contributed by atoms with Crippen molar-refractivity contribution in [3.8, 4) is 11.5 Å². The molecule has 0 saturated heterocycles. The largest absolute Gasteiger partial charge is 0.454 e. The van der Waals surface area contributed by atoms with Gasteiger partial charge >= 0.3 is 0 Å². The van der Waals surface area contributed by atoms with Crippen molar-refractivity contribution in [2.45, 2.75) is 0 Å². The summed E-state index contributed by atoms with van der Waals surface area (Å²) in [4.78, 5) is 11.9. The van der Waals surface area contributed by atoms with E-state index in [9.17, 15) is 4.79 Å². The summed E-state index contributed by atoms with van der Waals surface area (Å²) in [5.74, 6) is 0.923. The van der Waals surface area contributed by atoms with E-state index >= 15 is 0 Å². The first kappa shape index (κ1) is 14.9. The van der Waals surface area contributed by atoms with Gasteiger partial charge in [-0.15, -0.1) is 0 Å². The van der Waals surface area contributed by atoms with E-state index in [0.717, 1.165) is 10.0 Å². The number of fused-ring (bicyclic) bond motifs is 1. The Hall–Kier alpha value is -2.05. The molecule has 0 fully saturated rings. The highest BCUT2D eigenvalue weighted by Crippen LogP contribution is 2.39. The number of carbonyl (C=O) groups excluding carboxylic acids is 1. The van der Waals surface area contributed by atoms with E-state index in [1.165, 1.54) is 6.21 Å². The molecular weight excluding hydrogens is 372 g/mol. The van der Waals surface area contributed by atoms with Crippen LogP contribution in [0.3, 0.4) is 0 Å². The molecule has 2 aromatic rings. The second-order valence-corrected chi connectivity index (χ2v) is 5.68. The SMILES string of the molecule is O=C(N/N=C\c1cc(Br)c2c(c1)OCO2)c1ccccc1Cl. The van der Waals surface area contributed by atoms with Crippen molar-refractivity contribution in [2.24, 2.45) is 5.10 Å². The summed E-state index contributed by atoms with van der Waals surface area (Å²) in [6.45, 7) is 0.192. The Morgan fingerprint density at radius 2 is 2.14 bits per heavy atom. The number of benzene rings is 2. The number of hydrogen-bond donors (Lipinski definition) is 1. The van der Waals surface area contributed by atoms with Crippen LogP contribution in [-0.2, 0) is 0 Å². The smallest absolute Gasteiger partial charge is 0.272 e. The first-order valence-corrected chi connectivity index (χ1v) is 7.49. The van der Waals surface area contributed by atoms with Gasteiger partial charge in [-0.3, -0.25) is 4.79 Å². The van der Waals surface area contributed by atoms with Gasteiger partial charge < -0.3 is 9.47 Å². The van der Waals surface area contributed by atoms with Crippen molar-refractivity contribution in [3.63, 3.8) is 0 Å². The molecule has 5 nitrogen and oxygen atoms in total. The zero-order valence-corrected chi connectivity index (χ0v) is 13.5. The van der Waals surface area contributed by atoms with Crippen LogP contribution < -0.4 is 14.9 Å². The number of amides is 1. The van der Waals surface area contributed by atoms with Gasteiger partial charge in [0.25, 0.3) is 5.91 Å². The van der Waals surface area contributed by atoms with Crippen LogP contribution in [0.25, 0.3) is 0 Å². The minimum Gasteiger partial charge on any atom is -0.454 e. The third-order valence-corrected chi connectivity index (χ3v) is 3.87. The van der Waals surface area contributed by atoms with Crippen molar-refractivity contribution in [1.29, 1.82) is 0 Å². The predicted octanol–water partition coefficient (Wildman–Crippen LogP) is 3.60. The molecule has 112 valence electrons. The molecule has 0 spiro atoms. The lowest BCUT2D eigenvalue weighted by Gasteiger charge is -2.03. The number of nitrogens with one attached hydrogen (secondary N) is 1. The fourth-order valence-electron chi connectivity index (χ4n) is 1.93. The Labute approximate surface area is 140 Å². The van der Waals surface area contributed by atoms with Crippen molar-refractivity contribution in [1.82, 2.24) is 5.43 Å². The topological polar surface area (TPSA) is 59.9 Å². The average Bonchev–Trinajstić information content (AvgIpc) is 2.96. The lowest BCUT2D eigenvalue weighted by molar-refractivity contribution is 0.0955. The highest BCUT2D eigenvalue weighted by atomic mass is 79.9. The van der Waals surface area contributed by atoms with Crippen LogP contribution in [0.4, 0.5) is 0 Å². The van der Waals surface area contributed by atoms with Gasteiger partial charge in [0.15, 0.2) is 11.5 Å². The first-order chi connectivity index (χ1) is 10.6. The number of hydrazone groups is 1. The summed E-state index contributed by atoms with van der Waals surface area (Å²) in [7, 11) is 0. The maximum Gasteiger partial charge on any atom is 0.272 e. The summed E-state index contributed by atoms with van der Waals surface area (Å²) in [6, 6.07) is 10.4. The van der Waals surface area contributed by atoms with Gasteiger partial charge in [0.1, 0.15) is 0 Å². The molecule has 1 N–H and O–H groups in total. The van der Waals surface area contributed by atoms with E-state index in [4.69, 9.17) is 21.1 Å². The molecule has 0 unspecified atom stereocenters. The molecule has 1 aliphatic heterocycles. The maximum absolute atomic E-state index is 11.9. The summed E-state index contributed by atoms with van der Waals surface area (Å²) < 4.78 is 11.4. The predicted molar refractivity (Wildman–Crippen MR) is 86.8 cm³/mol. The maximum atomic E-state index is 11.9. The molecule has 0 bridgehead atoms. The minimum atomic E-state index is -0.373. The highest BCUT2D eigenvalue weighted by molar-refractivity contribution is 9.10. The third-order valence-electron chi connectivity index (χ3n) is 2.95. The summed E-state index contributed by atoms with van der Waals surface area (Å²) >= 11 is 9.34. The number of halogens is 2. The molecule has 22 heavy (non-hydrogen) atoms. The van der Waals surface area contributed by atoms with E-state index in [1.54, 1.807) is 30.3 Å². The van der Waals surface area contributed by atoms with E-state index in [2.05, 4.69) is 26.5 Å². The Kier molecular flexibility index (Phi) is 4.31. The number of nitrogens with zero attached hydrogens (tertiary/aromatic N) is 1. The van der Waals surface area contributed by atoms with Crippen molar-refractivity contribution < 1.29 is 14.3 Å². The zero-order valence-electron chi connectivity index (χ0n) is 11.2. The molecule has 0 atom stereocenters. The van der Waals surface area contributed by atoms with Crippen LogP contribution in [0.15, 0.2) is 46.0 Å². The number of ether oxygens (including phenoxy) is 2. The summed E-state index contributed by atoms with van der Waals surface area (Å²) in [5, 5.41) is 4.30. The minimum absolute atomic E-state index is 0.192. The normalized spacial score (nSPS) is 12.6. The van der Waals surface area contributed by atoms with Crippen LogP contribution in [0, 0.1) is 0 Å². The Bertz CT molecular complexity index is 764. The zero-order chi connectivity index (χ0) is 15.5. The molecule has 2 aromatic carbocycles. The first-order valence-electron chi connectivity index (χ1n) is 6.32. The Morgan fingerprint density at radius 1 is 1.32 bits per heavy atom. The fraction of sp³-hybridized carbons (Fsp3) is 0.0667. The van der Waals surface area contributed by atoms with Gasteiger partial charge in [-0.05, 0) is 45.8 Å². The quantitative estimate of drug-likeness (QED) is 0.653. The molecular formula is C15H10BrClN2O3. The molecule has 0 aromatic heterocycles. The van der Waals surface area contributed by atoms with E-state index in [0.29, 0.717) is 22.1 Å². The summed E-state index contributed by atoms with van der Waals surface area (Å²) in [6.07, 6.45) is 1.52. The van der Waals surface area contributed by atoms with Crippen molar-refractivity contribution in [3.05, 3.63) is 57.0 Å². The third kappa shape index (κ3) is 3.08. The molecule has 1 heterocycles. The Morgan fingerprint density at radius 3 is 2.95 bits per heavy atom. The molecule has 0 aliphatic carbocycles. The van der Waals surface area contributed by atoms with Gasteiger partial charge in [-0.2, -0.15) is 5.10 Å². The van der Waals surface area contributed by atoms with Gasteiger partial charge in [0.2, 0.25) is 6.79 Å². The lowest BCUT2D eigenvalue weighted by Crippen LogP contribution is -2.17. The summed E-state index contributed by atoms with van der Waals surface area (Å²) in [5.41, 5.74) is 3.56. The number of hydrogen-bond acceptors (Lipinski definition) is 4. The van der Waals surface area contributed by atoms with Crippen molar-refractivity contribution in [2.75, 3.05) is 6.79 Å². The average molecular weight is 382 g/mol. The number of carbonyl (C=O) groups is 1. The van der Waals surface area contributed by atoms with Gasteiger partial charge in [0.05, 0.1) is 21.3 Å². The van der Waals surface area contributed by atoms with Gasteiger partial charge in [-0.25, -0.2) is 5.43 Å². The van der Waals surface area contributed by atoms with Crippen LogP contribution in [0.1, 0.15) is 15.9 Å². The lowest BCUT2D eigenvalue weighted by atomic mass is 10.2. The second kappa shape index (κ2) is 6.37. The second-order valence-electron chi connectivity index (χ2n) is 4.42. The molecule has 7 heteroatoms. The highest BCUT2D eigenvalue weighted by Gasteiger charge is 2.17. The van der Waals surface area contributed by atoms with E-state index < -0.39 is 0 Å². The van der Waals surface area contributed by atoms with Gasteiger partial charge in [0, 0.05) is 0 Å². The number of rotatable bonds is 3. The van der Waals surface area contributed by atoms with Crippen LogP contribution in [-0.4, -0.2) is 18.9 Å². The van der Waals surface area contributed by atoms with Gasteiger partial charge in [-0.1, -0.05) is 23.7 Å². The Balaban J connectivity index is 1.72. The van der Waals surface area contributed by atoms with Crippen molar-refractivity contribution >= 4 is 39.7 Å². The monoisotopic (exact) mass is 380 g/mol. The van der Waals surface area contributed by atoms with Crippen LogP contribution in [0.2, 0.25) is 5.02 Å².